The number of amides is 1. The summed E-state index contributed by atoms with van der Waals surface area (Å²) in [5.41, 5.74) is 10.8. The van der Waals surface area contributed by atoms with Gasteiger partial charge >= 0.3 is 0 Å². The van der Waals surface area contributed by atoms with Crippen LogP contribution in [-0.2, 0) is 14.2 Å². The molecule has 0 radical (unpaired) electrons. The molecule has 2 fully saturated rings. The monoisotopic (exact) mass is 283 g/mol. The molecule has 1 aromatic rings. The first-order chi connectivity index (χ1) is 9.41. The van der Waals surface area contributed by atoms with Crippen molar-refractivity contribution in [2.75, 3.05) is 6.54 Å². The van der Waals surface area contributed by atoms with Crippen LogP contribution in [0, 0.1) is 0 Å². The van der Waals surface area contributed by atoms with E-state index in [2.05, 4.69) is 10.1 Å². The Kier molecular flexibility index (Phi) is 3.01. The molecule has 4 unspecified atom stereocenters. The van der Waals surface area contributed by atoms with E-state index in [0.29, 0.717) is 6.54 Å². The van der Waals surface area contributed by atoms with Gasteiger partial charge in [-0.1, -0.05) is 0 Å². The molecule has 3 heterocycles. The van der Waals surface area contributed by atoms with E-state index < -0.39 is 17.9 Å². The van der Waals surface area contributed by atoms with Crippen molar-refractivity contribution in [3.8, 4) is 0 Å². The molecule has 4 atom stereocenters. The number of fused-ring (bicyclic) bond motifs is 1. The summed E-state index contributed by atoms with van der Waals surface area (Å²) < 4.78 is 18.8. The number of carbonyl (C=O) groups is 1. The van der Waals surface area contributed by atoms with Crippen molar-refractivity contribution >= 4 is 5.91 Å². The van der Waals surface area contributed by atoms with Crippen molar-refractivity contribution in [1.29, 1.82) is 0 Å². The Balaban J connectivity index is 1.87. The lowest BCUT2D eigenvalue weighted by Crippen LogP contribution is -2.34. The number of rotatable bonds is 3. The number of hydrogen-bond donors (Lipinski definition) is 2. The fourth-order valence-electron chi connectivity index (χ4n) is 2.57. The molecule has 2 aliphatic heterocycles. The second-order valence-electron chi connectivity index (χ2n) is 5.28. The van der Waals surface area contributed by atoms with E-state index in [1.807, 2.05) is 13.8 Å². The summed E-state index contributed by atoms with van der Waals surface area (Å²) >= 11 is 0. The van der Waals surface area contributed by atoms with E-state index in [1.165, 1.54) is 11.0 Å². The van der Waals surface area contributed by atoms with Gasteiger partial charge in [-0.05, 0) is 13.8 Å². The van der Waals surface area contributed by atoms with Crippen LogP contribution in [0.25, 0.3) is 0 Å². The van der Waals surface area contributed by atoms with Crippen LogP contribution in [0.15, 0.2) is 6.33 Å². The zero-order valence-electron chi connectivity index (χ0n) is 11.2. The maximum Gasteiger partial charge on any atom is 0.288 e. The minimum atomic E-state index is -0.710. The summed E-state index contributed by atoms with van der Waals surface area (Å²) in [6.07, 6.45) is -0.0961. The van der Waals surface area contributed by atoms with Gasteiger partial charge in [0.15, 0.2) is 12.0 Å². The number of primary amides is 1. The van der Waals surface area contributed by atoms with E-state index in [0.717, 1.165) is 0 Å². The van der Waals surface area contributed by atoms with E-state index >= 15 is 0 Å². The average molecular weight is 283 g/mol. The first-order valence-corrected chi connectivity index (χ1v) is 6.33. The number of nitrogens with two attached hydrogens (primary N) is 2. The molecular weight excluding hydrogens is 266 g/mol. The lowest BCUT2D eigenvalue weighted by Gasteiger charge is -2.23. The molecule has 0 bridgehead atoms. The van der Waals surface area contributed by atoms with Crippen molar-refractivity contribution < 1.29 is 19.0 Å². The van der Waals surface area contributed by atoms with Gasteiger partial charge in [0, 0.05) is 6.54 Å². The minimum Gasteiger partial charge on any atom is -0.363 e. The summed E-state index contributed by atoms with van der Waals surface area (Å²) in [5, 5.41) is 4.00. The van der Waals surface area contributed by atoms with Gasteiger partial charge in [0.2, 0.25) is 5.82 Å². The Bertz CT molecular complexity index is 531. The third kappa shape index (κ3) is 2.08. The van der Waals surface area contributed by atoms with E-state index in [-0.39, 0.29) is 24.1 Å². The van der Waals surface area contributed by atoms with Crippen molar-refractivity contribution in [3.05, 3.63) is 12.2 Å². The highest BCUT2D eigenvalue weighted by Crippen LogP contribution is 2.42. The molecule has 2 aliphatic rings. The van der Waals surface area contributed by atoms with Crippen molar-refractivity contribution in [3.63, 3.8) is 0 Å². The molecule has 0 aliphatic carbocycles. The van der Waals surface area contributed by atoms with Gasteiger partial charge in [0.05, 0.1) is 0 Å². The third-order valence-corrected chi connectivity index (χ3v) is 3.35. The lowest BCUT2D eigenvalue weighted by atomic mass is 10.1. The topological polar surface area (TPSA) is 128 Å². The first-order valence-electron chi connectivity index (χ1n) is 6.33. The van der Waals surface area contributed by atoms with Gasteiger partial charge in [-0.25, -0.2) is 9.67 Å². The first kappa shape index (κ1) is 13.4. The average Bonchev–Trinajstić information content (AvgIpc) is 3.01. The Hall–Kier alpha value is -1.55. The molecule has 0 aromatic carbocycles. The molecule has 110 valence electrons. The van der Waals surface area contributed by atoms with Crippen LogP contribution in [-0.4, -0.2) is 51.3 Å². The highest BCUT2D eigenvalue weighted by atomic mass is 16.8. The smallest absolute Gasteiger partial charge is 0.288 e. The van der Waals surface area contributed by atoms with Gasteiger partial charge in [-0.15, -0.1) is 5.10 Å². The number of aromatic nitrogens is 3. The Labute approximate surface area is 115 Å². The van der Waals surface area contributed by atoms with Crippen LogP contribution in [0.2, 0.25) is 0 Å². The molecule has 0 saturated carbocycles. The largest absolute Gasteiger partial charge is 0.363 e. The van der Waals surface area contributed by atoms with E-state index in [9.17, 15) is 4.79 Å². The molecule has 2 saturated heterocycles. The van der Waals surface area contributed by atoms with Gasteiger partial charge in [-0.2, -0.15) is 0 Å². The quantitative estimate of drug-likeness (QED) is 0.709. The second-order valence-corrected chi connectivity index (χ2v) is 5.28. The van der Waals surface area contributed by atoms with Gasteiger partial charge in [0.1, 0.15) is 24.6 Å². The van der Waals surface area contributed by atoms with Crippen molar-refractivity contribution in [2.24, 2.45) is 11.5 Å². The van der Waals surface area contributed by atoms with Crippen LogP contribution in [0.1, 0.15) is 30.7 Å². The number of ether oxygens (including phenoxy) is 3. The third-order valence-electron chi connectivity index (χ3n) is 3.35. The molecule has 0 spiro atoms. The molecular formula is C11H17N5O4. The minimum absolute atomic E-state index is 0.0699. The van der Waals surface area contributed by atoms with Crippen molar-refractivity contribution in [1.82, 2.24) is 14.8 Å². The van der Waals surface area contributed by atoms with Gasteiger partial charge < -0.3 is 25.7 Å². The standard InChI is InChI=1S/C11H17N5O4/c1-11(2)19-6-5(3-12)18-10(7(6)20-11)16-4-14-9(15-16)8(13)17/h4-7,10H,3,12H2,1-2H3,(H2,13,17). The number of carbonyl (C=O) groups excluding carboxylic acids is 1. The highest BCUT2D eigenvalue weighted by Gasteiger charge is 2.55. The van der Waals surface area contributed by atoms with Crippen molar-refractivity contribution in [2.45, 2.75) is 44.2 Å². The molecule has 3 rings (SSSR count). The summed E-state index contributed by atoms with van der Waals surface area (Å²) in [7, 11) is 0. The van der Waals surface area contributed by atoms with Crippen LogP contribution in [0.5, 0.6) is 0 Å². The molecule has 1 aromatic heterocycles. The summed E-state index contributed by atoms with van der Waals surface area (Å²) in [6, 6.07) is 0. The Morgan fingerprint density at radius 3 is 2.75 bits per heavy atom. The van der Waals surface area contributed by atoms with Crippen LogP contribution in [0.4, 0.5) is 0 Å². The van der Waals surface area contributed by atoms with Crippen LogP contribution in [0.3, 0.4) is 0 Å². The number of hydrogen-bond acceptors (Lipinski definition) is 7. The van der Waals surface area contributed by atoms with Crippen LogP contribution >= 0.6 is 0 Å². The zero-order chi connectivity index (χ0) is 14.5. The fourth-order valence-corrected chi connectivity index (χ4v) is 2.57. The zero-order valence-corrected chi connectivity index (χ0v) is 11.2. The molecule has 9 heteroatoms. The predicted octanol–water partition coefficient (Wildman–Crippen LogP) is -1.25. The Morgan fingerprint density at radius 1 is 1.45 bits per heavy atom. The van der Waals surface area contributed by atoms with Gasteiger partial charge in [-0.3, -0.25) is 4.79 Å². The van der Waals surface area contributed by atoms with Crippen LogP contribution < -0.4 is 11.5 Å². The summed E-state index contributed by atoms with van der Waals surface area (Å²) in [5.74, 6) is -1.48. The maximum absolute atomic E-state index is 11.0. The maximum atomic E-state index is 11.0. The molecule has 20 heavy (non-hydrogen) atoms. The highest BCUT2D eigenvalue weighted by molar-refractivity contribution is 5.88. The van der Waals surface area contributed by atoms with Gasteiger partial charge in [0.25, 0.3) is 5.91 Å². The van der Waals surface area contributed by atoms with E-state index in [1.54, 1.807) is 0 Å². The summed E-state index contributed by atoms with van der Waals surface area (Å²) in [6.45, 7) is 3.95. The Morgan fingerprint density at radius 2 is 2.15 bits per heavy atom. The SMILES string of the molecule is CC1(C)OC2C(CN)OC(n3cnc(C(N)=O)n3)C2O1. The predicted molar refractivity (Wildman–Crippen MR) is 65.3 cm³/mol. The second kappa shape index (κ2) is 4.48. The molecule has 1 amide bonds. The number of nitrogens with zero attached hydrogens (tertiary/aromatic N) is 3. The van der Waals surface area contributed by atoms with E-state index in [4.69, 9.17) is 25.7 Å². The normalized spacial score (nSPS) is 35.1. The fraction of sp³-hybridized carbons (Fsp3) is 0.727. The summed E-state index contributed by atoms with van der Waals surface area (Å²) in [4.78, 5) is 14.9. The molecule has 9 nitrogen and oxygen atoms in total. The lowest BCUT2D eigenvalue weighted by molar-refractivity contribution is -0.196. The molecule has 4 N–H and O–H groups in total.